The first kappa shape index (κ1) is 28.1. The summed E-state index contributed by atoms with van der Waals surface area (Å²) in [6.07, 6.45) is 1.27. The van der Waals surface area contributed by atoms with E-state index in [0.29, 0.717) is 29.0 Å². The number of aromatic carboxylic acids is 1. The van der Waals surface area contributed by atoms with Crippen LogP contribution in [0.3, 0.4) is 0 Å². The normalized spacial score (nSPS) is 11.2. The van der Waals surface area contributed by atoms with Gasteiger partial charge in [-0.2, -0.15) is 0 Å². The molecule has 1 N–H and O–H groups in total. The number of imidazole rings is 1. The molecule has 5 aromatic rings. The van der Waals surface area contributed by atoms with Gasteiger partial charge in [0.25, 0.3) is 0 Å². The predicted molar refractivity (Wildman–Crippen MR) is 147 cm³/mol. The number of carboxylic acid groups (broad SMARTS) is 1. The van der Waals surface area contributed by atoms with Crippen molar-refractivity contribution in [2.45, 2.75) is 19.6 Å². The number of aromatic nitrogens is 3. The van der Waals surface area contributed by atoms with Gasteiger partial charge in [0.15, 0.2) is 0 Å². The van der Waals surface area contributed by atoms with Crippen molar-refractivity contribution >= 4 is 28.6 Å². The van der Waals surface area contributed by atoms with Gasteiger partial charge in [-0.1, -0.05) is 17.7 Å². The second-order valence-electron chi connectivity index (χ2n) is 9.16. The molecule has 3 aromatic carbocycles. The predicted octanol–water partition coefficient (Wildman–Crippen LogP) is 6.68. The number of methoxy groups -OCH3 is 1. The minimum atomic E-state index is -1.10. The molecular weight excluding hydrogens is 559 g/mol. The van der Waals surface area contributed by atoms with Crippen LogP contribution in [0.4, 0.5) is 13.2 Å². The summed E-state index contributed by atoms with van der Waals surface area (Å²) in [4.78, 5) is 20.2. The van der Waals surface area contributed by atoms with Crippen LogP contribution in [0.2, 0.25) is 5.02 Å². The van der Waals surface area contributed by atoms with Crippen molar-refractivity contribution in [3.8, 4) is 17.0 Å². The monoisotopic (exact) mass is 581 g/mol. The quantitative estimate of drug-likeness (QED) is 0.198. The highest BCUT2D eigenvalue weighted by atomic mass is 35.5. The number of benzene rings is 3. The summed E-state index contributed by atoms with van der Waals surface area (Å²) in [7, 11) is 1.52. The van der Waals surface area contributed by atoms with Crippen molar-refractivity contribution in [3.63, 3.8) is 0 Å². The van der Waals surface area contributed by atoms with Crippen LogP contribution >= 0.6 is 11.6 Å². The standard InChI is InChI=1S/C30H23ClF3N3O4/c1-40-10-9-37-27-13-17(30(38)39)5-7-26(27)36-28(37)15-22-24(33)11-19(12-25(22)34)21-3-2-8-35-29(21)41-16-18-4-6-20(31)14-23(18)32/h2-8,11-14H,9-10,15-16H2,1H3,(H,38,39). The Labute approximate surface area is 237 Å². The van der Waals surface area contributed by atoms with E-state index in [9.17, 15) is 14.3 Å². The molecule has 210 valence electrons. The molecule has 0 unspecified atom stereocenters. The maximum atomic E-state index is 15.5. The van der Waals surface area contributed by atoms with Crippen molar-refractivity contribution in [3.05, 3.63) is 112 Å². The highest BCUT2D eigenvalue weighted by Gasteiger charge is 2.20. The molecule has 2 aromatic heterocycles. The molecule has 41 heavy (non-hydrogen) atoms. The fourth-order valence-corrected chi connectivity index (χ4v) is 4.63. The van der Waals surface area contributed by atoms with Gasteiger partial charge in [0.1, 0.15) is 29.9 Å². The van der Waals surface area contributed by atoms with E-state index in [4.69, 9.17) is 21.1 Å². The van der Waals surface area contributed by atoms with Gasteiger partial charge in [-0.3, -0.25) is 0 Å². The van der Waals surface area contributed by atoms with Crippen molar-refractivity contribution < 1.29 is 32.5 Å². The van der Waals surface area contributed by atoms with Crippen LogP contribution < -0.4 is 4.74 Å². The SMILES string of the molecule is COCCn1c(Cc2c(F)cc(-c3cccnc3OCc3ccc(Cl)cc3F)cc2F)nc2ccc(C(=O)O)cc21. The number of hydrogen-bond donors (Lipinski definition) is 1. The molecule has 0 amide bonds. The fraction of sp³-hybridized carbons (Fsp3) is 0.167. The lowest BCUT2D eigenvalue weighted by molar-refractivity contribution is 0.0697. The highest BCUT2D eigenvalue weighted by Crippen LogP contribution is 2.32. The Bertz CT molecular complexity index is 1740. The van der Waals surface area contributed by atoms with Gasteiger partial charge >= 0.3 is 5.97 Å². The van der Waals surface area contributed by atoms with Crippen LogP contribution in [-0.4, -0.2) is 39.3 Å². The Kier molecular flexibility index (Phi) is 8.23. The first-order valence-corrected chi connectivity index (χ1v) is 12.8. The summed E-state index contributed by atoms with van der Waals surface area (Å²) >= 11 is 5.81. The molecule has 0 aliphatic carbocycles. The van der Waals surface area contributed by atoms with E-state index in [-0.39, 0.29) is 52.8 Å². The maximum absolute atomic E-state index is 15.5. The van der Waals surface area contributed by atoms with E-state index in [0.717, 1.165) is 6.07 Å². The third-order valence-electron chi connectivity index (χ3n) is 6.53. The molecular formula is C30H23ClF3N3O4. The van der Waals surface area contributed by atoms with Crippen molar-refractivity contribution in [2.24, 2.45) is 0 Å². The Balaban J connectivity index is 1.46. The molecule has 0 saturated heterocycles. The number of ether oxygens (including phenoxy) is 2. The van der Waals surface area contributed by atoms with Crippen molar-refractivity contribution in [1.29, 1.82) is 0 Å². The largest absolute Gasteiger partial charge is 0.478 e. The summed E-state index contributed by atoms with van der Waals surface area (Å²) in [6, 6.07) is 14.2. The number of carboxylic acids is 1. The number of fused-ring (bicyclic) bond motifs is 1. The van der Waals surface area contributed by atoms with E-state index in [1.54, 1.807) is 22.8 Å². The van der Waals surface area contributed by atoms with E-state index in [1.165, 1.54) is 49.7 Å². The Morgan fingerprint density at radius 1 is 1.02 bits per heavy atom. The fourth-order valence-electron chi connectivity index (χ4n) is 4.47. The van der Waals surface area contributed by atoms with Crippen LogP contribution in [0.15, 0.2) is 66.9 Å². The van der Waals surface area contributed by atoms with Gasteiger partial charge in [-0.25, -0.2) is 27.9 Å². The van der Waals surface area contributed by atoms with Gasteiger partial charge in [0, 0.05) is 48.0 Å². The molecule has 11 heteroatoms. The highest BCUT2D eigenvalue weighted by molar-refractivity contribution is 6.30. The van der Waals surface area contributed by atoms with Gasteiger partial charge in [0.2, 0.25) is 5.88 Å². The van der Waals surface area contributed by atoms with Crippen LogP contribution in [0.1, 0.15) is 27.3 Å². The first-order chi connectivity index (χ1) is 19.7. The summed E-state index contributed by atoms with van der Waals surface area (Å²) in [6.45, 7) is 0.415. The average Bonchev–Trinajstić information content (AvgIpc) is 3.29. The molecule has 0 fully saturated rings. The second kappa shape index (κ2) is 12.0. The van der Waals surface area contributed by atoms with Crippen LogP contribution in [-0.2, 0) is 24.3 Å². The molecule has 0 bridgehead atoms. The lowest BCUT2D eigenvalue weighted by Gasteiger charge is -2.13. The third-order valence-corrected chi connectivity index (χ3v) is 6.77. The first-order valence-electron chi connectivity index (χ1n) is 12.5. The number of hydrogen-bond acceptors (Lipinski definition) is 5. The number of nitrogens with zero attached hydrogens (tertiary/aromatic N) is 3. The molecule has 0 spiro atoms. The molecule has 5 rings (SSSR count). The maximum Gasteiger partial charge on any atom is 0.335 e. The molecule has 0 aliphatic rings. The third kappa shape index (κ3) is 6.03. The van der Waals surface area contributed by atoms with E-state index in [1.807, 2.05) is 0 Å². The van der Waals surface area contributed by atoms with E-state index >= 15 is 8.78 Å². The van der Waals surface area contributed by atoms with Crippen LogP contribution in [0, 0.1) is 17.5 Å². The minimum absolute atomic E-state index is 0.0672. The van der Waals surface area contributed by atoms with Crippen molar-refractivity contribution in [2.75, 3.05) is 13.7 Å². The van der Waals surface area contributed by atoms with Crippen LogP contribution in [0.5, 0.6) is 5.88 Å². The molecule has 0 radical (unpaired) electrons. The summed E-state index contributed by atoms with van der Waals surface area (Å²) in [5, 5.41) is 9.64. The zero-order chi connectivity index (χ0) is 29.1. The minimum Gasteiger partial charge on any atom is -0.478 e. The smallest absolute Gasteiger partial charge is 0.335 e. The topological polar surface area (TPSA) is 86.5 Å². The van der Waals surface area contributed by atoms with Gasteiger partial charge in [-0.15, -0.1) is 0 Å². The lowest BCUT2D eigenvalue weighted by atomic mass is 10.0. The Morgan fingerprint density at radius 3 is 2.51 bits per heavy atom. The molecule has 7 nitrogen and oxygen atoms in total. The molecule has 0 saturated carbocycles. The zero-order valence-electron chi connectivity index (χ0n) is 21.7. The van der Waals surface area contributed by atoms with Gasteiger partial charge in [0.05, 0.1) is 23.2 Å². The second-order valence-corrected chi connectivity index (χ2v) is 9.59. The number of rotatable bonds is 10. The van der Waals surface area contributed by atoms with Gasteiger partial charge in [-0.05, 0) is 60.2 Å². The van der Waals surface area contributed by atoms with Gasteiger partial charge < -0.3 is 19.1 Å². The van der Waals surface area contributed by atoms with E-state index in [2.05, 4.69) is 9.97 Å². The Hall–Kier alpha value is -4.41. The number of pyridine rings is 1. The summed E-state index contributed by atoms with van der Waals surface area (Å²) in [5.41, 5.74) is 1.61. The molecule has 0 aliphatic heterocycles. The zero-order valence-corrected chi connectivity index (χ0v) is 22.5. The summed E-state index contributed by atoms with van der Waals surface area (Å²) < 4.78 is 57.7. The Morgan fingerprint density at radius 2 is 1.80 bits per heavy atom. The molecule has 0 atom stereocenters. The number of halogens is 4. The summed E-state index contributed by atoms with van der Waals surface area (Å²) in [5.74, 6) is -2.85. The molecule has 2 heterocycles. The number of carbonyl (C=O) groups is 1. The average molecular weight is 582 g/mol. The lowest BCUT2D eigenvalue weighted by Crippen LogP contribution is -2.11. The van der Waals surface area contributed by atoms with E-state index < -0.39 is 23.4 Å². The van der Waals surface area contributed by atoms with Crippen LogP contribution in [0.25, 0.3) is 22.2 Å². The van der Waals surface area contributed by atoms with Crippen molar-refractivity contribution in [1.82, 2.24) is 14.5 Å².